The molecular formula is C20H13N. The summed E-state index contributed by atoms with van der Waals surface area (Å²) in [6, 6.07) is 25.0. The van der Waals surface area contributed by atoms with E-state index in [1.165, 1.54) is 21.8 Å². The average Bonchev–Trinajstić information content (AvgIpc) is 2.89. The number of aromatic nitrogens is 1. The van der Waals surface area contributed by atoms with Gasteiger partial charge < -0.3 is 4.57 Å². The van der Waals surface area contributed by atoms with Crippen molar-refractivity contribution < 1.29 is 0 Å². The SMILES string of the molecule is C#Cc1ccccc1-n1c2ccccc2c2ccccc21. The lowest BCUT2D eigenvalue weighted by Gasteiger charge is -2.09. The van der Waals surface area contributed by atoms with Gasteiger partial charge in [0, 0.05) is 16.3 Å². The first-order chi connectivity index (χ1) is 10.4. The number of benzene rings is 3. The van der Waals surface area contributed by atoms with E-state index in [1.54, 1.807) is 0 Å². The summed E-state index contributed by atoms with van der Waals surface area (Å²) in [7, 11) is 0. The molecule has 1 heterocycles. The third-order valence-electron chi connectivity index (χ3n) is 3.88. The van der Waals surface area contributed by atoms with Gasteiger partial charge in [0.2, 0.25) is 0 Å². The smallest absolute Gasteiger partial charge is 0.0618 e. The molecule has 1 nitrogen and oxygen atoms in total. The molecule has 4 aromatic rings. The van der Waals surface area contributed by atoms with E-state index in [0.717, 1.165) is 11.3 Å². The van der Waals surface area contributed by atoms with Crippen molar-refractivity contribution in [3.8, 4) is 18.0 Å². The van der Waals surface area contributed by atoms with Crippen molar-refractivity contribution in [1.82, 2.24) is 4.57 Å². The van der Waals surface area contributed by atoms with Crippen LogP contribution in [0.3, 0.4) is 0 Å². The van der Waals surface area contributed by atoms with Crippen LogP contribution in [0.4, 0.5) is 0 Å². The maximum atomic E-state index is 5.68. The lowest BCUT2D eigenvalue weighted by atomic mass is 10.2. The molecule has 0 atom stereocenters. The Morgan fingerprint density at radius 1 is 0.667 bits per heavy atom. The molecular weight excluding hydrogens is 254 g/mol. The predicted octanol–water partition coefficient (Wildman–Crippen LogP) is 4.77. The van der Waals surface area contributed by atoms with Crippen molar-refractivity contribution in [2.75, 3.05) is 0 Å². The van der Waals surface area contributed by atoms with Gasteiger partial charge in [0.1, 0.15) is 0 Å². The molecule has 0 N–H and O–H groups in total. The molecule has 0 aliphatic carbocycles. The quantitative estimate of drug-likeness (QED) is 0.438. The van der Waals surface area contributed by atoms with Gasteiger partial charge in [-0.1, -0.05) is 54.5 Å². The fraction of sp³-hybridized carbons (Fsp3) is 0. The standard InChI is InChI=1S/C20H13N/c1-2-15-9-3-6-12-18(15)21-19-13-7-4-10-16(19)17-11-5-8-14-20(17)21/h1,3-14H. The molecule has 98 valence electrons. The van der Waals surface area contributed by atoms with Crippen LogP contribution in [0.5, 0.6) is 0 Å². The highest BCUT2D eigenvalue weighted by Crippen LogP contribution is 2.32. The van der Waals surface area contributed by atoms with E-state index in [2.05, 4.69) is 65.1 Å². The maximum Gasteiger partial charge on any atom is 0.0618 e. The number of hydrogen-bond donors (Lipinski definition) is 0. The molecule has 0 fully saturated rings. The van der Waals surface area contributed by atoms with E-state index in [0.29, 0.717) is 0 Å². The molecule has 0 amide bonds. The minimum Gasteiger partial charge on any atom is -0.308 e. The van der Waals surface area contributed by atoms with Gasteiger partial charge >= 0.3 is 0 Å². The first-order valence-corrected chi connectivity index (χ1v) is 6.94. The molecule has 1 aromatic heterocycles. The zero-order chi connectivity index (χ0) is 14.2. The summed E-state index contributed by atoms with van der Waals surface area (Å²) in [5, 5.41) is 2.50. The molecule has 4 rings (SSSR count). The van der Waals surface area contributed by atoms with Crippen molar-refractivity contribution in [2.45, 2.75) is 0 Å². The second-order valence-electron chi connectivity index (χ2n) is 5.03. The van der Waals surface area contributed by atoms with Gasteiger partial charge in [0.15, 0.2) is 0 Å². The molecule has 0 bridgehead atoms. The maximum absolute atomic E-state index is 5.68. The van der Waals surface area contributed by atoms with Crippen LogP contribution in [-0.2, 0) is 0 Å². The molecule has 0 spiro atoms. The third-order valence-corrected chi connectivity index (χ3v) is 3.88. The molecule has 1 heteroatoms. The first-order valence-electron chi connectivity index (χ1n) is 6.94. The van der Waals surface area contributed by atoms with E-state index in [4.69, 9.17) is 6.42 Å². The van der Waals surface area contributed by atoms with E-state index in [9.17, 15) is 0 Å². The lowest BCUT2D eigenvalue weighted by Crippen LogP contribution is -1.96. The van der Waals surface area contributed by atoms with Crippen LogP contribution < -0.4 is 0 Å². The number of rotatable bonds is 1. The minimum absolute atomic E-state index is 0.906. The Labute approximate surface area is 123 Å². The molecule has 0 aliphatic rings. The first kappa shape index (κ1) is 11.8. The van der Waals surface area contributed by atoms with Crippen LogP contribution in [0.25, 0.3) is 27.5 Å². The highest BCUT2D eigenvalue weighted by Gasteiger charge is 2.12. The number of hydrogen-bond acceptors (Lipinski definition) is 0. The summed E-state index contributed by atoms with van der Waals surface area (Å²) < 4.78 is 2.25. The van der Waals surface area contributed by atoms with Crippen molar-refractivity contribution in [3.05, 3.63) is 78.4 Å². The minimum atomic E-state index is 0.906. The van der Waals surface area contributed by atoms with Gasteiger partial charge in [0.25, 0.3) is 0 Å². The Balaban J connectivity index is 2.24. The van der Waals surface area contributed by atoms with Crippen LogP contribution in [0.2, 0.25) is 0 Å². The number of terminal acetylenes is 1. The van der Waals surface area contributed by atoms with Crippen LogP contribution in [0.15, 0.2) is 72.8 Å². The largest absolute Gasteiger partial charge is 0.308 e. The summed E-state index contributed by atoms with van der Waals surface area (Å²) in [5.74, 6) is 2.79. The summed E-state index contributed by atoms with van der Waals surface area (Å²) in [6.07, 6.45) is 5.68. The highest BCUT2D eigenvalue weighted by molar-refractivity contribution is 6.09. The summed E-state index contributed by atoms with van der Waals surface area (Å²) in [5.41, 5.74) is 4.32. The van der Waals surface area contributed by atoms with Crippen molar-refractivity contribution >= 4 is 21.8 Å². The zero-order valence-electron chi connectivity index (χ0n) is 11.5. The highest BCUT2D eigenvalue weighted by atomic mass is 15.0. The normalized spacial score (nSPS) is 10.8. The van der Waals surface area contributed by atoms with Gasteiger partial charge in [-0.25, -0.2) is 0 Å². The van der Waals surface area contributed by atoms with Crippen LogP contribution in [0.1, 0.15) is 5.56 Å². The summed E-state index contributed by atoms with van der Waals surface area (Å²) >= 11 is 0. The van der Waals surface area contributed by atoms with E-state index in [1.807, 2.05) is 18.2 Å². The van der Waals surface area contributed by atoms with Gasteiger partial charge in [-0.2, -0.15) is 0 Å². The fourth-order valence-electron chi connectivity index (χ4n) is 2.97. The Kier molecular flexibility index (Phi) is 2.55. The number of para-hydroxylation sites is 3. The van der Waals surface area contributed by atoms with E-state index < -0.39 is 0 Å². The molecule has 0 saturated carbocycles. The second kappa shape index (κ2) is 4.54. The monoisotopic (exact) mass is 267 g/mol. The molecule has 0 aliphatic heterocycles. The zero-order valence-corrected chi connectivity index (χ0v) is 11.5. The predicted molar refractivity (Wildman–Crippen MR) is 88.7 cm³/mol. The van der Waals surface area contributed by atoms with Crippen LogP contribution >= 0.6 is 0 Å². The summed E-state index contributed by atoms with van der Waals surface area (Å²) in [6.45, 7) is 0. The van der Waals surface area contributed by atoms with Crippen molar-refractivity contribution in [3.63, 3.8) is 0 Å². The van der Waals surface area contributed by atoms with Gasteiger partial charge in [0.05, 0.1) is 16.7 Å². The molecule has 0 saturated heterocycles. The molecule has 0 radical (unpaired) electrons. The second-order valence-corrected chi connectivity index (χ2v) is 5.03. The molecule has 3 aromatic carbocycles. The topological polar surface area (TPSA) is 4.93 Å². The van der Waals surface area contributed by atoms with E-state index >= 15 is 0 Å². The van der Waals surface area contributed by atoms with Crippen LogP contribution in [0, 0.1) is 12.3 Å². The molecule has 0 unspecified atom stereocenters. The Hall–Kier alpha value is -2.98. The van der Waals surface area contributed by atoms with Crippen LogP contribution in [-0.4, -0.2) is 4.57 Å². The Morgan fingerprint density at radius 3 is 1.81 bits per heavy atom. The van der Waals surface area contributed by atoms with E-state index in [-0.39, 0.29) is 0 Å². The van der Waals surface area contributed by atoms with Crippen molar-refractivity contribution in [1.29, 1.82) is 0 Å². The average molecular weight is 267 g/mol. The number of nitrogens with zero attached hydrogens (tertiary/aromatic N) is 1. The summed E-state index contributed by atoms with van der Waals surface area (Å²) in [4.78, 5) is 0. The third kappa shape index (κ3) is 1.67. The lowest BCUT2D eigenvalue weighted by molar-refractivity contribution is 1.17. The van der Waals surface area contributed by atoms with Gasteiger partial charge in [-0.15, -0.1) is 6.42 Å². The Morgan fingerprint density at radius 2 is 1.19 bits per heavy atom. The fourth-order valence-corrected chi connectivity index (χ4v) is 2.97. The number of fused-ring (bicyclic) bond motifs is 3. The molecule has 21 heavy (non-hydrogen) atoms. The van der Waals surface area contributed by atoms with Gasteiger partial charge in [-0.05, 0) is 24.3 Å². The van der Waals surface area contributed by atoms with Gasteiger partial charge in [-0.3, -0.25) is 0 Å². The Bertz CT molecular complexity index is 946. The van der Waals surface area contributed by atoms with Crippen molar-refractivity contribution in [2.24, 2.45) is 0 Å².